The molecule has 0 aromatic heterocycles. The number of hydrogen-bond donors (Lipinski definition) is 1. The van der Waals surface area contributed by atoms with Crippen LogP contribution in [0.15, 0.2) is 24.3 Å². The van der Waals surface area contributed by atoms with Gasteiger partial charge in [0.1, 0.15) is 5.75 Å². The van der Waals surface area contributed by atoms with E-state index in [1.54, 1.807) is 7.11 Å². The van der Waals surface area contributed by atoms with E-state index < -0.39 is 0 Å². The van der Waals surface area contributed by atoms with Crippen molar-refractivity contribution < 1.29 is 9.47 Å². The highest BCUT2D eigenvalue weighted by Crippen LogP contribution is 2.17. The van der Waals surface area contributed by atoms with E-state index in [-0.39, 0.29) is 6.04 Å². The summed E-state index contributed by atoms with van der Waals surface area (Å²) in [5, 5.41) is 0. The Morgan fingerprint density at radius 2 is 2.00 bits per heavy atom. The molecule has 0 saturated carbocycles. The number of methoxy groups -OCH3 is 1. The number of nitrogens with two attached hydrogens (primary N) is 1. The molecule has 0 aliphatic rings. The molecule has 0 heterocycles. The lowest BCUT2D eigenvalue weighted by molar-refractivity contribution is 0.0983. The third-order valence-corrected chi connectivity index (χ3v) is 2.27. The topological polar surface area (TPSA) is 44.5 Å². The van der Waals surface area contributed by atoms with Crippen LogP contribution >= 0.6 is 0 Å². The lowest BCUT2D eigenvalue weighted by Crippen LogP contribution is -2.18. The van der Waals surface area contributed by atoms with E-state index in [2.05, 4.69) is 13.8 Å². The molecule has 90 valence electrons. The third-order valence-electron chi connectivity index (χ3n) is 2.27. The molecular formula is C13H21NO2. The van der Waals surface area contributed by atoms with Gasteiger partial charge in [0.05, 0.1) is 19.8 Å². The zero-order valence-corrected chi connectivity index (χ0v) is 10.3. The van der Waals surface area contributed by atoms with Crippen molar-refractivity contribution in [2.75, 3.05) is 20.3 Å². The summed E-state index contributed by atoms with van der Waals surface area (Å²) in [6.45, 7) is 5.54. The van der Waals surface area contributed by atoms with Gasteiger partial charge in [-0.3, -0.25) is 0 Å². The third kappa shape index (κ3) is 4.21. The average Bonchev–Trinajstić information content (AvgIpc) is 2.28. The van der Waals surface area contributed by atoms with E-state index in [4.69, 9.17) is 15.2 Å². The molecule has 0 aliphatic heterocycles. The van der Waals surface area contributed by atoms with Gasteiger partial charge < -0.3 is 15.2 Å². The molecule has 3 heteroatoms. The maximum absolute atomic E-state index is 6.02. The Kier molecular flexibility index (Phi) is 5.29. The molecule has 0 saturated heterocycles. The SMILES string of the molecule is COc1cccc(C(N)COCC(C)C)c1. The molecule has 0 aliphatic carbocycles. The Morgan fingerprint density at radius 1 is 1.25 bits per heavy atom. The Balaban J connectivity index is 2.48. The summed E-state index contributed by atoms with van der Waals surface area (Å²) in [6.07, 6.45) is 0. The first-order chi connectivity index (χ1) is 7.63. The molecule has 1 rings (SSSR count). The van der Waals surface area contributed by atoms with Gasteiger partial charge in [0.25, 0.3) is 0 Å². The van der Waals surface area contributed by atoms with Crippen molar-refractivity contribution in [1.82, 2.24) is 0 Å². The summed E-state index contributed by atoms with van der Waals surface area (Å²) < 4.78 is 10.7. The first kappa shape index (κ1) is 13.0. The number of ether oxygens (including phenoxy) is 2. The lowest BCUT2D eigenvalue weighted by atomic mass is 10.1. The van der Waals surface area contributed by atoms with Crippen LogP contribution in [0.2, 0.25) is 0 Å². The van der Waals surface area contributed by atoms with Crippen molar-refractivity contribution in [3.05, 3.63) is 29.8 Å². The van der Waals surface area contributed by atoms with Gasteiger partial charge in [0.2, 0.25) is 0 Å². The van der Waals surface area contributed by atoms with Crippen LogP contribution in [0, 0.1) is 5.92 Å². The van der Waals surface area contributed by atoms with Crippen molar-refractivity contribution in [1.29, 1.82) is 0 Å². The maximum atomic E-state index is 6.02. The van der Waals surface area contributed by atoms with Crippen molar-refractivity contribution in [2.24, 2.45) is 11.7 Å². The highest BCUT2D eigenvalue weighted by Gasteiger charge is 2.07. The van der Waals surface area contributed by atoms with E-state index in [0.717, 1.165) is 17.9 Å². The van der Waals surface area contributed by atoms with Crippen LogP contribution in [0.4, 0.5) is 0 Å². The molecule has 0 bridgehead atoms. The summed E-state index contributed by atoms with van der Waals surface area (Å²) in [7, 11) is 1.65. The van der Waals surface area contributed by atoms with Crippen LogP contribution in [-0.4, -0.2) is 20.3 Å². The van der Waals surface area contributed by atoms with E-state index in [0.29, 0.717) is 12.5 Å². The maximum Gasteiger partial charge on any atom is 0.119 e. The smallest absolute Gasteiger partial charge is 0.119 e. The minimum atomic E-state index is -0.0890. The van der Waals surface area contributed by atoms with Gasteiger partial charge >= 0.3 is 0 Å². The largest absolute Gasteiger partial charge is 0.497 e. The van der Waals surface area contributed by atoms with Gasteiger partial charge in [-0.15, -0.1) is 0 Å². The van der Waals surface area contributed by atoms with Crippen LogP contribution in [0.25, 0.3) is 0 Å². The van der Waals surface area contributed by atoms with E-state index in [9.17, 15) is 0 Å². The van der Waals surface area contributed by atoms with E-state index >= 15 is 0 Å². The summed E-state index contributed by atoms with van der Waals surface area (Å²) in [5.41, 5.74) is 7.07. The zero-order valence-electron chi connectivity index (χ0n) is 10.3. The second kappa shape index (κ2) is 6.51. The molecule has 1 aromatic rings. The Labute approximate surface area is 97.6 Å². The lowest BCUT2D eigenvalue weighted by Gasteiger charge is -2.14. The minimum Gasteiger partial charge on any atom is -0.497 e. The van der Waals surface area contributed by atoms with Crippen molar-refractivity contribution in [3.8, 4) is 5.75 Å². The minimum absolute atomic E-state index is 0.0890. The summed E-state index contributed by atoms with van der Waals surface area (Å²) >= 11 is 0. The van der Waals surface area contributed by atoms with Crippen LogP contribution in [-0.2, 0) is 4.74 Å². The van der Waals surface area contributed by atoms with Crippen LogP contribution in [0.3, 0.4) is 0 Å². The monoisotopic (exact) mass is 223 g/mol. The van der Waals surface area contributed by atoms with Crippen molar-refractivity contribution in [2.45, 2.75) is 19.9 Å². The van der Waals surface area contributed by atoms with Gasteiger partial charge in [-0.1, -0.05) is 26.0 Å². The van der Waals surface area contributed by atoms with E-state index in [1.165, 1.54) is 0 Å². The van der Waals surface area contributed by atoms with Crippen molar-refractivity contribution in [3.63, 3.8) is 0 Å². The fourth-order valence-electron chi connectivity index (χ4n) is 1.40. The second-order valence-electron chi connectivity index (χ2n) is 4.31. The van der Waals surface area contributed by atoms with Gasteiger partial charge in [-0.05, 0) is 23.6 Å². The highest BCUT2D eigenvalue weighted by atomic mass is 16.5. The van der Waals surface area contributed by atoms with Crippen molar-refractivity contribution >= 4 is 0 Å². The quantitative estimate of drug-likeness (QED) is 0.805. The Hall–Kier alpha value is -1.06. The molecule has 0 spiro atoms. The molecule has 1 aromatic carbocycles. The predicted octanol–water partition coefficient (Wildman–Crippen LogP) is 2.37. The van der Waals surface area contributed by atoms with Gasteiger partial charge in [-0.2, -0.15) is 0 Å². The molecule has 0 fully saturated rings. The first-order valence-corrected chi connectivity index (χ1v) is 5.60. The average molecular weight is 223 g/mol. The van der Waals surface area contributed by atoms with Gasteiger partial charge in [-0.25, -0.2) is 0 Å². The molecule has 1 unspecified atom stereocenters. The molecular weight excluding hydrogens is 202 g/mol. The highest BCUT2D eigenvalue weighted by molar-refractivity contribution is 5.30. The van der Waals surface area contributed by atoms with E-state index in [1.807, 2.05) is 24.3 Å². The number of benzene rings is 1. The normalized spacial score (nSPS) is 12.8. The zero-order chi connectivity index (χ0) is 12.0. The molecule has 0 amide bonds. The van der Waals surface area contributed by atoms with Gasteiger partial charge in [0, 0.05) is 6.61 Å². The number of rotatable bonds is 6. The summed E-state index contributed by atoms with van der Waals surface area (Å²) in [6, 6.07) is 7.70. The first-order valence-electron chi connectivity index (χ1n) is 5.60. The molecule has 16 heavy (non-hydrogen) atoms. The molecule has 0 radical (unpaired) electrons. The fraction of sp³-hybridized carbons (Fsp3) is 0.538. The second-order valence-corrected chi connectivity index (χ2v) is 4.31. The predicted molar refractivity (Wildman–Crippen MR) is 65.6 cm³/mol. The fourth-order valence-corrected chi connectivity index (χ4v) is 1.40. The standard InChI is InChI=1S/C13H21NO2/c1-10(2)8-16-9-13(14)11-5-4-6-12(7-11)15-3/h4-7,10,13H,8-9,14H2,1-3H3. The van der Waals surface area contributed by atoms with Crippen LogP contribution in [0.1, 0.15) is 25.5 Å². The molecule has 1 atom stereocenters. The van der Waals surface area contributed by atoms with Gasteiger partial charge in [0.15, 0.2) is 0 Å². The van der Waals surface area contributed by atoms with Crippen LogP contribution < -0.4 is 10.5 Å². The molecule has 2 N–H and O–H groups in total. The number of hydrogen-bond acceptors (Lipinski definition) is 3. The summed E-state index contributed by atoms with van der Waals surface area (Å²) in [5.74, 6) is 1.37. The Morgan fingerprint density at radius 3 is 2.62 bits per heavy atom. The Bertz CT molecular complexity index is 313. The summed E-state index contributed by atoms with van der Waals surface area (Å²) in [4.78, 5) is 0. The van der Waals surface area contributed by atoms with Crippen LogP contribution in [0.5, 0.6) is 5.75 Å². The molecule has 3 nitrogen and oxygen atoms in total.